The summed E-state index contributed by atoms with van der Waals surface area (Å²) in [6, 6.07) is 13.9. The second-order valence-corrected chi connectivity index (χ2v) is 8.80. The van der Waals surface area contributed by atoms with Gasteiger partial charge in [0.25, 0.3) is 0 Å². The predicted octanol–water partition coefficient (Wildman–Crippen LogP) is 2.86. The molecule has 0 atom stereocenters. The van der Waals surface area contributed by atoms with E-state index in [1.807, 2.05) is 25.1 Å². The SMILES string of the molecule is Cc1ccc(S(=O)(=O)N2CCN(C(=O)NCc3ccccc3Cl)CC2)cc1. The first-order valence-electron chi connectivity index (χ1n) is 8.71. The van der Waals surface area contributed by atoms with Crippen LogP contribution in [0, 0.1) is 6.92 Å². The van der Waals surface area contributed by atoms with Crippen LogP contribution in [0.15, 0.2) is 53.4 Å². The number of nitrogens with one attached hydrogen (secondary N) is 1. The smallest absolute Gasteiger partial charge is 0.317 e. The monoisotopic (exact) mass is 407 g/mol. The Kier molecular flexibility index (Phi) is 6.04. The molecule has 8 heteroatoms. The summed E-state index contributed by atoms with van der Waals surface area (Å²) in [6.45, 7) is 3.49. The van der Waals surface area contributed by atoms with Crippen molar-refractivity contribution in [2.24, 2.45) is 0 Å². The van der Waals surface area contributed by atoms with Crippen LogP contribution in [0.2, 0.25) is 5.02 Å². The third kappa shape index (κ3) is 4.61. The lowest BCUT2D eigenvalue weighted by Gasteiger charge is -2.34. The van der Waals surface area contributed by atoms with Gasteiger partial charge < -0.3 is 10.2 Å². The fraction of sp³-hybridized carbons (Fsp3) is 0.316. The Bertz CT molecular complexity index is 908. The van der Waals surface area contributed by atoms with Gasteiger partial charge in [0.2, 0.25) is 10.0 Å². The standard InChI is InChI=1S/C19H22ClN3O3S/c1-15-6-8-17(9-7-15)27(25,26)23-12-10-22(11-13-23)19(24)21-14-16-4-2-3-5-18(16)20/h2-9H,10-14H2,1H3,(H,21,24). The molecule has 2 amide bonds. The summed E-state index contributed by atoms with van der Waals surface area (Å²) < 4.78 is 26.9. The highest BCUT2D eigenvalue weighted by atomic mass is 35.5. The van der Waals surface area contributed by atoms with Gasteiger partial charge >= 0.3 is 6.03 Å². The maximum absolute atomic E-state index is 12.7. The Morgan fingerprint density at radius 3 is 2.30 bits per heavy atom. The van der Waals surface area contributed by atoms with Gasteiger partial charge in [-0.1, -0.05) is 47.5 Å². The van der Waals surface area contributed by atoms with Crippen molar-refractivity contribution in [2.45, 2.75) is 18.4 Å². The lowest BCUT2D eigenvalue weighted by Crippen LogP contribution is -2.52. The summed E-state index contributed by atoms with van der Waals surface area (Å²) in [4.78, 5) is 14.3. The van der Waals surface area contributed by atoms with Gasteiger partial charge in [-0.15, -0.1) is 0 Å². The first-order chi connectivity index (χ1) is 12.9. The molecule has 3 rings (SSSR count). The minimum Gasteiger partial charge on any atom is -0.334 e. The van der Waals surface area contributed by atoms with E-state index in [4.69, 9.17) is 11.6 Å². The van der Waals surface area contributed by atoms with Gasteiger partial charge in [0.1, 0.15) is 0 Å². The molecule has 6 nitrogen and oxygen atoms in total. The molecule has 1 fully saturated rings. The molecule has 144 valence electrons. The van der Waals surface area contributed by atoms with E-state index >= 15 is 0 Å². The number of hydrogen-bond donors (Lipinski definition) is 1. The topological polar surface area (TPSA) is 69.7 Å². The zero-order valence-electron chi connectivity index (χ0n) is 15.1. The molecular weight excluding hydrogens is 386 g/mol. The lowest BCUT2D eigenvalue weighted by atomic mass is 10.2. The summed E-state index contributed by atoms with van der Waals surface area (Å²) in [7, 11) is -3.53. The zero-order chi connectivity index (χ0) is 19.4. The Balaban J connectivity index is 1.56. The number of carbonyl (C=O) groups is 1. The number of halogens is 1. The maximum atomic E-state index is 12.7. The number of hydrogen-bond acceptors (Lipinski definition) is 3. The zero-order valence-corrected chi connectivity index (χ0v) is 16.6. The highest BCUT2D eigenvalue weighted by Crippen LogP contribution is 2.18. The van der Waals surface area contributed by atoms with Gasteiger partial charge in [0, 0.05) is 37.7 Å². The molecule has 1 heterocycles. The van der Waals surface area contributed by atoms with E-state index < -0.39 is 10.0 Å². The summed E-state index contributed by atoms with van der Waals surface area (Å²) in [5.41, 5.74) is 1.85. The highest BCUT2D eigenvalue weighted by molar-refractivity contribution is 7.89. The van der Waals surface area contributed by atoms with Crippen LogP contribution in [0.5, 0.6) is 0 Å². The molecule has 1 aliphatic rings. The van der Waals surface area contributed by atoms with E-state index in [2.05, 4.69) is 5.32 Å². The van der Waals surface area contributed by atoms with Crippen molar-refractivity contribution in [3.05, 3.63) is 64.7 Å². The van der Waals surface area contributed by atoms with Gasteiger partial charge in [-0.2, -0.15) is 4.31 Å². The van der Waals surface area contributed by atoms with Crippen LogP contribution in [-0.2, 0) is 16.6 Å². The molecular formula is C19H22ClN3O3S. The number of nitrogens with zero attached hydrogens (tertiary/aromatic N) is 2. The molecule has 0 radical (unpaired) electrons. The fourth-order valence-corrected chi connectivity index (χ4v) is 4.54. The summed E-state index contributed by atoms with van der Waals surface area (Å²) in [5, 5.41) is 3.44. The van der Waals surface area contributed by atoms with Crippen LogP contribution < -0.4 is 5.32 Å². The van der Waals surface area contributed by atoms with Crippen molar-refractivity contribution < 1.29 is 13.2 Å². The van der Waals surface area contributed by atoms with Crippen LogP contribution in [0.1, 0.15) is 11.1 Å². The first-order valence-corrected chi connectivity index (χ1v) is 10.5. The van der Waals surface area contributed by atoms with Crippen LogP contribution >= 0.6 is 11.6 Å². The molecule has 0 unspecified atom stereocenters. The Morgan fingerprint density at radius 1 is 1.04 bits per heavy atom. The van der Waals surface area contributed by atoms with E-state index in [1.165, 1.54) is 4.31 Å². The number of rotatable bonds is 4. The van der Waals surface area contributed by atoms with Crippen LogP contribution in [0.4, 0.5) is 4.79 Å². The average molecular weight is 408 g/mol. The lowest BCUT2D eigenvalue weighted by molar-refractivity contribution is 0.172. The van der Waals surface area contributed by atoms with Crippen LogP contribution in [0.3, 0.4) is 0 Å². The number of aryl methyl sites for hydroxylation is 1. The largest absolute Gasteiger partial charge is 0.334 e. The first kappa shape index (κ1) is 19.7. The fourth-order valence-electron chi connectivity index (χ4n) is 2.92. The third-order valence-corrected chi connectivity index (χ3v) is 6.85. The molecule has 0 aliphatic carbocycles. The Morgan fingerprint density at radius 2 is 1.67 bits per heavy atom. The summed E-state index contributed by atoms with van der Waals surface area (Å²) in [6.07, 6.45) is 0. The summed E-state index contributed by atoms with van der Waals surface area (Å²) >= 11 is 6.09. The van der Waals surface area contributed by atoms with E-state index in [9.17, 15) is 13.2 Å². The Labute approximate surface area is 164 Å². The maximum Gasteiger partial charge on any atom is 0.317 e. The van der Waals surface area contributed by atoms with Gasteiger partial charge in [-0.05, 0) is 30.7 Å². The number of amides is 2. The second-order valence-electron chi connectivity index (χ2n) is 6.45. The molecule has 1 N–H and O–H groups in total. The number of benzene rings is 2. The van der Waals surface area contributed by atoms with Crippen molar-refractivity contribution in [3.63, 3.8) is 0 Å². The minimum absolute atomic E-state index is 0.220. The molecule has 2 aromatic carbocycles. The van der Waals surface area contributed by atoms with Crippen molar-refractivity contribution >= 4 is 27.7 Å². The third-order valence-electron chi connectivity index (χ3n) is 4.57. The number of sulfonamides is 1. The van der Waals surface area contributed by atoms with Gasteiger partial charge in [-0.3, -0.25) is 0 Å². The summed E-state index contributed by atoms with van der Waals surface area (Å²) in [5.74, 6) is 0. The van der Waals surface area contributed by atoms with Crippen molar-refractivity contribution in [1.29, 1.82) is 0 Å². The molecule has 0 aromatic heterocycles. The van der Waals surface area contributed by atoms with E-state index in [1.54, 1.807) is 35.2 Å². The van der Waals surface area contributed by atoms with Crippen LogP contribution in [0.25, 0.3) is 0 Å². The van der Waals surface area contributed by atoms with Gasteiger partial charge in [0.05, 0.1) is 4.90 Å². The van der Waals surface area contributed by atoms with E-state index in [-0.39, 0.29) is 24.0 Å². The van der Waals surface area contributed by atoms with E-state index in [0.29, 0.717) is 24.7 Å². The Hall–Kier alpha value is -2.09. The van der Waals surface area contributed by atoms with Crippen molar-refractivity contribution in [2.75, 3.05) is 26.2 Å². The van der Waals surface area contributed by atoms with Crippen molar-refractivity contribution in [1.82, 2.24) is 14.5 Å². The van der Waals surface area contributed by atoms with Gasteiger partial charge in [0.15, 0.2) is 0 Å². The molecule has 1 aliphatic heterocycles. The molecule has 0 spiro atoms. The van der Waals surface area contributed by atoms with E-state index in [0.717, 1.165) is 11.1 Å². The predicted molar refractivity (Wildman–Crippen MR) is 105 cm³/mol. The molecule has 27 heavy (non-hydrogen) atoms. The quantitative estimate of drug-likeness (QED) is 0.847. The van der Waals surface area contributed by atoms with Crippen LogP contribution in [-0.4, -0.2) is 49.8 Å². The number of carbonyl (C=O) groups excluding carboxylic acids is 1. The highest BCUT2D eigenvalue weighted by Gasteiger charge is 2.30. The second kappa shape index (κ2) is 8.29. The minimum atomic E-state index is -3.53. The average Bonchev–Trinajstić information content (AvgIpc) is 2.67. The molecule has 1 saturated heterocycles. The molecule has 2 aromatic rings. The molecule has 0 saturated carbocycles. The normalized spacial score (nSPS) is 15.6. The van der Waals surface area contributed by atoms with Crippen molar-refractivity contribution in [3.8, 4) is 0 Å². The number of piperazine rings is 1. The number of urea groups is 1. The molecule has 0 bridgehead atoms. The van der Waals surface area contributed by atoms with Gasteiger partial charge in [-0.25, -0.2) is 13.2 Å².